The first-order chi connectivity index (χ1) is 5.81. The lowest BCUT2D eigenvalue weighted by molar-refractivity contribution is 0.447. The molecule has 1 aliphatic rings. The van der Waals surface area contributed by atoms with E-state index in [2.05, 4.69) is 17.1 Å². The van der Waals surface area contributed by atoms with Gasteiger partial charge in [0.05, 0.1) is 0 Å². The maximum Gasteiger partial charge on any atom is 0.219 e. The maximum atomic E-state index is 5.42. The molecule has 1 aromatic rings. The number of hydrogen-bond acceptors (Lipinski definition) is 4. The van der Waals surface area contributed by atoms with Crippen LogP contribution in [-0.2, 0) is 6.42 Å². The van der Waals surface area contributed by atoms with E-state index in [1.807, 2.05) is 0 Å². The van der Waals surface area contributed by atoms with Crippen LogP contribution in [-0.4, -0.2) is 16.7 Å². The number of hydrogen-bond donors (Lipinski definition) is 1. The first kappa shape index (κ1) is 7.73. The molecule has 1 saturated carbocycles. The number of nitrogens with two attached hydrogens (primary N) is 1. The van der Waals surface area contributed by atoms with Crippen molar-refractivity contribution in [2.45, 2.75) is 25.7 Å². The zero-order valence-electron chi connectivity index (χ0n) is 7.16. The zero-order valence-corrected chi connectivity index (χ0v) is 7.16. The van der Waals surface area contributed by atoms with E-state index in [9.17, 15) is 0 Å². The van der Waals surface area contributed by atoms with Crippen LogP contribution >= 0.6 is 0 Å². The summed E-state index contributed by atoms with van der Waals surface area (Å²) in [4.78, 5) is 0. The standard InChI is InChI=1S/C8H13N3O/c1-5-4-6(5)8-11-10-7(12-8)2-3-9/h5-6H,2-4,9H2,1H3. The Morgan fingerprint density at radius 2 is 2.33 bits per heavy atom. The smallest absolute Gasteiger partial charge is 0.219 e. The van der Waals surface area contributed by atoms with Crippen LogP contribution in [0, 0.1) is 5.92 Å². The van der Waals surface area contributed by atoms with Gasteiger partial charge in [0.2, 0.25) is 11.8 Å². The van der Waals surface area contributed by atoms with Crippen molar-refractivity contribution in [1.29, 1.82) is 0 Å². The molecule has 0 saturated heterocycles. The molecule has 4 heteroatoms. The Hall–Kier alpha value is -0.900. The van der Waals surface area contributed by atoms with Crippen molar-refractivity contribution in [2.75, 3.05) is 6.54 Å². The minimum atomic E-state index is 0.518. The molecule has 0 amide bonds. The Labute approximate surface area is 71.2 Å². The van der Waals surface area contributed by atoms with Crippen LogP contribution in [0.3, 0.4) is 0 Å². The van der Waals surface area contributed by atoms with E-state index in [-0.39, 0.29) is 0 Å². The second kappa shape index (κ2) is 2.86. The minimum absolute atomic E-state index is 0.518. The van der Waals surface area contributed by atoms with Gasteiger partial charge in [-0.2, -0.15) is 0 Å². The van der Waals surface area contributed by atoms with Gasteiger partial charge >= 0.3 is 0 Å². The van der Waals surface area contributed by atoms with Crippen LogP contribution in [0.25, 0.3) is 0 Å². The minimum Gasteiger partial charge on any atom is -0.425 e. The highest BCUT2D eigenvalue weighted by molar-refractivity contribution is 5.04. The number of nitrogens with zero attached hydrogens (tertiary/aromatic N) is 2. The van der Waals surface area contributed by atoms with Gasteiger partial charge in [-0.1, -0.05) is 6.92 Å². The zero-order chi connectivity index (χ0) is 8.55. The molecule has 0 radical (unpaired) electrons. The van der Waals surface area contributed by atoms with Gasteiger partial charge in [0.25, 0.3) is 0 Å². The average Bonchev–Trinajstić information content (AvgIpc) is 2.62. The summed E-state index contributed by atoms with van der Waals surface area (Å²) in [6.45, 7) is 2.76. The van der Waals surface area contributed by atoms with E-state index < -0.39 is 0 Å². The van der Waals surface area contributed by atoms with Crippen LogP contribution in [0.15, 0.2) is 4.42 Å². The first-order valence-corrected chi connectivity index (χ1v) is 4.33. The molecule has 0 spiro atoms. The van der Waals surface area contributed by atoms with Crippen molar-refractivity contribution < 1.29 is 4.42 Å². The monoisotopic (exact) mass is 167 g/mol. The molecule has 0 aliphatic heterocycles. The van der Waals surface area contributed by atoms with Gasteiger partial charge in [-0.05, 0) is 12.3 Å². The van der Waals surface area contributed by atoms with Gasteiger partial charge in [-0.3, -0.25) is 0 Å². The highest BCUT2D eigenvalue weighted by Crippen LogP contribution is 2.46. The fourth-order valence-electron chi connectivity index (χ4n) is 1.31. The van der Waals surface area contributed by atoms with Gasteiger partial charge in [-0.25, -0.2) is 0 Å². The SMILES string of the molecule is CC1CC1c1nnc(CCN)o1. The fourth-order valence-corrected chi connectivity index (χ4v) is 1.31. The molecular formula is C8H13N3O. The molecule has 4 nitrogen and oxygen atoms in total. The summed E-state index contributed by atoms with van der Waals surface area (Å²) < 4.78 is 5.42. The van der Waals surface area contributed by atoms with Crippen LogP contribution in [0.1, 0.15) is 31.0 Å². The fraction of sp³-hybridized carbons (Fsp3) is 0.750. The van der Waals surface area contributed by atoms with Crippen molar-refractivity contribution in [3.8, 4) is 0 Å². The molecule has 2 atom stereocenters. The molecule has 0 aromatic carbocycles. The van der Waals surface area contributed by atoms with Crippen molar-refractivity contribution in [1.82, 2.24) is 10.2 Å². The third-order valence-corrected chi connectivity index (χ3v) is 2.27. The largest absolute Gasteiger partial charge is 0.425 e. The van der Waals surface area contributed by atoms with Gasteiger partial charge in [0.15, 0.2) is 0 Å². The maximum absolute atomic E-state index is 5.42. The Kier molecular flexibility index (Phi) is 1.84. The van der Waals surface area contributed by atoms with Crippen molar-refractivity contribution >= 4 is 0 Å². The molecule has 1 fully saturated rings. The van der Waals surface area contributed by atoms with E-state index >= 15 is 0 Å². The summed E-state index contributed by atoms with van der Waals surface area (Å²) in [6.07, 6.45) is 1.87. The first-order valence-electron chi connectivity index (χ1n) is 4.33. The summed E-state index contributed by atoms with van der Waals surface area (Å²) in [5.74, 6) is 2.71. The molecule has 1 aliphatic carbocycles. The van der Waals surface area contributed by atoms with E-state index in [4.69, 9.17) is 10.2 Å². The number of rotatable bonds is 3. The summed E-state index contributed by atoms with van der Waals surface area (Å²) in [6, 6.07) is 0. The van der Waals surface area contributed by atoms with Gasteiger partial charge < -0.3 is 10.2 Å². The highest BCUT2D eigenvalue weighted by Gasteiger charge is 2.38. The Morgan fingerprint density at radius 3 is 2.92 bits per heavy atom. The molecule has 66 valence electrons. The normalized spacial score (nSPS) is 27.5. The highest BCUT2D eigenvalue weighted by atomic mass is 16.4. The van der Waals surface area contributed by atoms with Crippen molar-refractivity contribution in [3.05, 3.63) is 11.8 Å². The summed E-state index contributed by atoms with van der Waals surface area (Å²) in [7, 11) is 0. The molecular weight excluding hydrogens is 154 g/mol. The topological polar surface area (TPSA) is 64.9 Å². The average molecular weight is 167 g/mol. The lowest BCUT2D eigenvalue weighted by Gasteiger charge is -1.87. The molecule has 2 rings (SSSR count). The quantitative estimate of drug-likeness (QED) is 0.719. The Morgan fingerprint density at radius 1 is 1.58 bits per heavy atom. The molecule has 2 unspecified atom stereocenters. The predicted octanol–water partition coefficient (Wildman–Crippen LogP) is 0.694. The molecule has 12 heavy (non-hydrogen) atoms. The van der Waals surface area contributed by atoms with E-state index in [0.717, 1.165) is 11.8 Å². The van der Waals surface area contributed by atoms with E-state index in [0.29, 0.717) is 24.8 Å². The lowest BCUT2D eigenvalue weighted by atomic mass is 10.3. The van der Waals surface area contributed by atoms with Crippen LogP contribution in [0.5, 0.6) is 0 Å². The predicted molar refractivity (Wildman–Crippen MR) is 43.6 cm³/mol. The van der Waals surface area contributed by atoms with Crippen LogP contribution in [0.4, 0.5) is 0 Å². The second-order valence-electron chi connectivity index (χ2n) is 3.39. The Bertz CT molecular complexity index is 271. The Balaban J connectivity index is 2.04. The molecule has 1 heterocycles. The molecule has 1 aromatic heterocycles. The van der Waals surface area contributed by atoms with Gasteiger partial charge in [0, 0.05) is 18.9 Å². The van der Waals surface area contributed by atoms with Crippen molar-refractivity contribution in [3.63, 3.8) is 0 Å². The van der Waals surface area contributed by atoms with Gasteiger partial charge in [-0.15, -0.1) is 10.2 Å². The molecule has 2 N–H and O–H groups in total. The third kappa shape index (κ3) is 1.34. The second-order valence-corrected chi connectivity index (χ2v) is 3.39. The van der Waals surface area contributed by atoms with Gasteiger partial charge in [0.1, 0.15) is 0 Å². The van der Waals surface area contributed by atoms with Crippen molar-refractivity contribution in [2.24, 2.45) is 11.7 Å². The summed E-state index contributed by atoms with van der Waals surface area (Å²) >= 11 is 0. The third-order valence-electron chi connectivity index (χ3n) is 2.27. The number of aromatic nitrogens is 2. The van der Waals surface area contributed by atoms with Crippen LogP contribution < -0.4 is 5.73 Å². The van der Waals surface area contributed by atoms with E-state index in [1.54, 1.807) is 0 Å². The lowest BCUT2D eigenvalue weighted by Crippen LogP contribution is -2.02. The summed E-state index contributed by atoms with van der Waals surface area (Å²) in [5.41, 5.74) is 5.36. The summed E-state index contributed by atoms with van der Waals surface area (Å²) in [5, 5.41) is 7.88. The van der Waals surface area contributed by atoms with Crippen LogP contribution in [0.2, 0.25) is 0 Å². The molecule has 0 bridgehead atoms. The van der Waals surface area contributed by atoms with E-state index in [1.165, 1.54) is 6.42 Å².